The van der Waals surface area contributed by atoms with Crippen molar-refractivity contribution < 1.29 is 17.6 Å². The van der Waals surface area contributed by atoms with Gasteiger partial charge in [0.25, 0.3) is 5.91 Å². The molecule has 2 aromatic carbocycles. The molecule has 1 N–H and O–H groups in total. The van der Waals surface area contributed by atoms with Crippen molar-refractivity contribution >= 4 is 37.5 Å². The van der Waals surface area contributed by atoms with E-state index in [1.165, 1.54) is 28.9 Å². The minimum Gasteiger partial charge on any atom is -0.306 e. The van der Waals surface area contributed by atoms with Crippen LogP contribution in [-0.2, 0) is 21.3 Å². The number of anilines is 1. The van der Waals surface area contributed by atoms with Gasteiger partial charge in [-0.05, 0) is 48.5 Å². The minimum atomic E-state index is -3.29. The molecule has 138 valence electrons. The summed E-state index contributed by atoms with van der Waals surface area (Å²) in [6.45, 7) is 0. The van der Waals surface area contributed by atoms with E-state index in [9.17, 15) is 17.6 Å². The highest BCUT2D eigenvalue weighted by molar-refractivity contribution is 9.10. The Morgan fingerprint density at radius 3 is 2.41 bits per heavy atom. The summed E-state index contributed by atoms with van der Waals surface area (Å²) in [4.78, 5) is 12.6. The molecule has 6 nitrogen and oxygen atoms in total. The van der Waals surface area contributed by atoms with Crippen LogP contribution in [0.25, 0.3) is 5.69 Å². The van der Waals surface area contributed by atoms with E-state index in [4.69, 9.17) is 0 Å². The van der Waals surface area contributed by atoms with Crippen molar-refractivity contribution in [2.45, 2.75) is 11.5 Å². The first-order chi connectivity index (χ1) is 12.8. The van der Waals surface area contributed by atoms with Gasteiger partial charge in [-0.3, -0.25) is 4.79 Å². The summed E-state index contributed by atoms with van der Waals surface area (Å²) in [5.74, 6) is -0.887. The van der Waals surface area contributed by atoms with E-state index < -0.39 is 21.6 Å². The molecule has 0 fully saturated rings. The monoisotopic (exact) mass is 449 g/mol. The van der Waals surface area contributed by atoms with E-state index in [1.807, 2.05) is 0 Å². The lowest BCUT2D eigenvalue weighted by atomic mass is 10.2. The Morgan fingerprint density at radius 2 is 1.74 bits per heavy atom. The van der Waals surface area contributed by atoms with Crippen LogP contribution in [0.4, 0.5) is 10.2 Å². The second-order valence-electron chi connectivity index (χ2n) is 6.16. The molecular weight excluding hydrogens is 437 g/mol. The molecule has 27 heavy (non-hydrogen) atoms. The minimum absolute atomic E-state index is 0.183. The quantitative estimate of drug-likeness (QED) is 0.663. The predicted octanol–water partition coefficient (Wildman–Crippen LogP) is 3.45. The summed E-state index contributed by atoms with van der Waals surface area (Å²) in [6.07, 6.45) is 0. The van der Waals surface area contributed by atoms with Crippen LogP contribution in [0, 0.1) is 5.82 Å². The lowest BCUT2D eigenvalue weighted by Crippen LogP contribution is -2.17. The summed E-state index contributed by atoms with van der Waals surface area (Å²) < 4.78 is 39.5. The molecule has 1 aromatic heterocycles. The van der Waals surface area contributed by atoms with Crippen LogP contribution in [0.15, 0.2) is 53.0 Å². The summed E-state index contributed by atoms with van der Waals surface area (Å²) in [6, 6.07) is 12.4. The fourth-order valence-electron chi connectivity index (χ4n) is 2.92. The van der Waals surface area contributed by atoms with Crippen LogP contribution in [0.2, 0.25) is 0 Å². The van der Waals surface area contributed by atoms with E-state index in [0.29, 0.717) is 22.5 Å². The van der Waals surface area contributed by atoms with Crippen LogP contribution in [-0.4, -0.2) is 24.1 Å². The smallest absolute Gasteiger partial charge is 0.256 e. The first-order valence-electron chi connectivity index (χ1n) is 7.96. The lowest BCUT2D eigenvalue weighted by molar-refractivity contribution is 0.102. The topological polar surface area (TPSA) is 81.1 Å². The van der Waals surface area contributed by atoms with Gasteiger partial charge in [-0.15, -0.1) is 0 Å². The Kier molecular flexibility index (Phi) is 4.35. The molecule has 0 bridgehead atoms. The number of benzene rings is 2. The Labute approximate surface area is 163 Å². The molecule has 3 aromatic rings. The fraction of sp³-hybridized carbons (Fsp3) is 0.111. The fourth-order valence-corrected chi connectivity index (χ4v) is 4.68. The van der Waals surface area contributed by atoms with Crippen LogP contribution in [0.1, 0.15) is 21.6 Å². The first kappa shape index (κ1) is 17.9. The van der Waals surface area contributed by atoms with Gasteiger partial charge in [0.1, 0.15) is 11.6 Å². The highest BCUT2D eigenvalue weighted by atomic mass is 79.9. The molecule has 9 heteroatoms. The largest absolute Gasteiger partial charge is 0.306 e. The van der Waals surface area contributed by atoms with E-state index in [2.05, 4.69) is 26.3 Å². The van der Waals surface area contributed by atoms with E-state index in [-0.39, 0.29) is 17.3 Å². The van der Waals surface area contributed by atoms with Crippen molar-refractivity contribution in [1.29, 1.82) is 0 Å². The summed E-state index contributed by atoms with van der Waals surface area (Å²) in [5.41, 5.74) is 1.80. The van der Waals surface area contributed by atoms with Crippen LogP contribution >= 0.6 is 15.9 Å². The van der Waals surface area contributed by atoms with Gasteiger partial charge in [-0.2, -0.15) is 5.10 Å². The number of hydrogen-bond acceptors (Lipinski definition) is 4. The second-order valence-corrected chi connectivity index (χ2v) is 9.14. The Hall–Kier alpha value is -2.52. The molecule has 0 radical (unpaired) electrons. The zero-order valence-corrected chi connectivity index (χ0v) is 16.2. The molecule has 0 unspecified atom stereocenters. The molecule has 4 rings (SSSR count). The van der Waals surface area contributed by atoms with Crippen LogP contribution in [0.5, 0.6) is 0 Å². The third kappa shape index (κ3) is 3.52. The van der Waals surface area contributed by atoms with Crippen molar-refractivity contribution in [3.63, 3.8) is 0 Å². The van der Waals surface area contributed by atoms with Crippen molar-refractivity contribution in [2.24, 2.45) is 0 Å². The molecule has 1 amide bonds. The Morgan fingerprint density at radius 1 is 1.07 bits per heavy atom. The van der Waals surface area contributed by atoms with Crippen molar-refractivity contribution in [3.8, 4) is 5.69 Å². The molecule has 2 heterocycles. The second kappa shape index (κ2) is 6.58. The number of carbonyl (C=O) groups is 1. The van der Waals surface area contributed by atoms with Crippen molar-refractivity contribution in [2.75, 3.05) is 5.32 Å². The van der Waals surface area contributed by atoms with Gasteiger partial charge < -0.3 is 5.32 Å². The molecule has 1 aliphatic heterocycles. The third-order valence-electron chi connectivity index (χ3n) is 4.20. The van der Waals surface area contributed by atoms with E-state index >= 15 is 0 Å². The summed E-state index contributed by atoms with van der Waals surface area (Å²) in [5, 5.41) is 7.11. The van der Waals surface area contributed by atoms with E-state index in [0.717, 1.165) is 4.47 Å². The van der Waals surface area contributed by atoms with Gasteiger partial charge in [0.15, 0.2) is 9.84 Å². The van der Waals surface area contributed by atoms with Gasteiger partial charge >= 0.3 is 0 Å². The molecule has 1 aliphatic rings. The van der Waals surface area contributed by atoms with E-state index in [1.54, 1.807) is 24.3 Å². The van der Waals surface area contributed by atoms with Gasteiger partial charge in [0, 0.05) is 15.6 Å². The SMILES string of the molecule is O=C(Nc1c2c(nn1-c1ccc(F)cc1)CS(=O)(=O)C2)c1ccc(Br)cc1. The molecule has 0 saturated carbocycles. The number of amides is 1. The summed E-state index contributed by atoms with van der Waals surface area (Å²) in [7, 11) is -3.29. The number of halogens is 2. The number of aromatic nitrogens is 2. The Bertz CT molecular complexity index is 1140. The molecule has 0 spiro atoms. The average molecular weight is 450 g/mol. The van der Waals surface area contributed by atoms with Crippen molar-refractivity contribution in [1.82, 2.24) is 9.78 Å². The predicted molar refractivity (Wildman–Crippen MR) is 102 cm³/mol. The molecule has 0 aliphatic carbocycles. The number of hydrogen-bond donors (Lipinski definition) is 1. The normalized spacial score (nSPS) is 14.7. The number of rotatable bonds is 3. The molecule has 0 saturated heterocycles. The number of carbonyl (C=O) groups excluding carboxylic acids is 1. The highest BCUT2D eigenvalue weighted by Crippen LogP contribution is 2.33. The van der Waals surface area contributed by atoms with Crippen molar-refractivity contribution in [3.05, 3.63) is 75.6 Å². The zero-order valence-electron chi connectivity index (χ0n) is 13.8. The summed E-state index contributed by atoms with van der Waals surface area (Å²) >= 11 is 3.31. The van der Waals surface area contributed by atoms with Gasteiger partial charge in [0.05, 0.1) is 22.9 Å². The third-order valence-corrected chi connectivity index (χ3v) is 6.17. The molecule has 0 atom stereocenters. The Balaban J connectivity index is 1.77. The number of nitrogens with zero attached hydrogens (tertiary/aromatic N) is 2. The van der Waals surface area contributed by atoms with Gasteiger partial charge in [0.2, 0.25) is 0 Å². The molecular formula is C18H13BrFN3O3S. The maximum Gasteiger partial charge on any atom is 0.256 e. The zero-order chi connectivity index (χ0) is 19.2. The lowest BCUT2D eigenvalue weighted by Gasteiger charge is -2.11. The van der Waals surface area contributed by atoms with Gasteiger partial charge in [-0.1, -0.05) is 15.9 Å². The maximum absolute atomic E-state index is 13.2. The standard InChI is InChI=1S/C18H13BrFN3O3S/c19-12-3-1-11(2-4-12)18(24)21-17-15-9-27(25,26)10-16(15)22-23(17)14-7-5-13(20)6-8-14/h1-8H,9-10H2,(H,21,24). The maximum atomic E-state index is 13.2. The highest BCUT2D eigenvalue weighted by Gasteiger charge is 2.33. The average Bonchev–Trinajstić information content (AvgIpc) is 3.09. The van der Waals surface area contributed by atoms with Crippen LogP contribution < -0.4 is 5.32 Å². The first-order valence-corrected chi connectivity index (χ1v) is 10.6. The number of nitrogens with one attached hydrogen (secondary N) is 1. The van der Waals surface area contributed by atoms with Gasteiger partial charge in [-0.25, -0.2) is 17.5 Å². The number of fused-ring (bicyclic) bond motifs is 1. The number of sulfone groups is 1. The van der Waals surface area contributed by atoms with Crippen LogP contribution in [0.3, 0.4) is 0 Å².